The molecule has 0 bridgehead atoms. The van der Waals surface area contributed by atoms with Gasteiger partial charge in [0.25, 0.3) is 0 Å². The average Bonchev–Trinajstić information content (AvgIpc) is 2.75. The molecular formula is C19H28BNO2. The fraction of sp³-hybridized carbons (Fsp3) is 0.632. The van der Waals surface area contributed by atoms with Crippen molar-refractivity contribution in [3.8, 4) is 0 Å². The van der Waals surface area contributed by atoms with E-state index in [1.54, 1.807) is 0 Å². The van der Waals surface area contributed by atoms with Crippen LogP contribution in [0.5, 0.6) is 0 Å². The summed E-state index contributed by atoms with van der Waals surface area (Å²) in [4.78, 5) is 4.85. The lowest BCUT2D eigenvalue weighted by atomic mass is 9.64. The monoisotopic (exact) mass is 313 g/mol. The van der Waals surface area contributed by atoms with Gasteiger partial charge >= 0.3 is 7.12 Å². The van der Waals surface area contributed by atoms with Gasteiger partial charge in [0.1, 0.15) is 0 Å². The molecule has 1 heterocycles. The van der Waals surface area contributed by atoms with Gasteiger partial charge in [-0.2, -0.15) is 0 Å². The molecule has 0 amide bonds. The van der Waals surface area contributed by atoms with Crippen molar-refractivity contribution in [1.82, 2.24) is 0 Å². The Kier molecular flexibility index (Phi) is 4.66. The van der Waals surface area contributed by atoms with Crippen LogP contribution in [0.4, 0.5) is 0 Å². The first-order valence-electron chi connectivity index (χ1n) is 8.79. The Morgan fingerprint density at radius 3 is 2.39 bits per heavy atom. The Balaban J connectivity index is 1.63. The molecule has 1 atom stereocenters. The van der Waals surface area contributed by atoms with Gasteiger partial charge in [0, 0.05) is 5.71 Å². The van der Waals surface area contributed by atoms with Crippen LogP contribution in [0.1, 0.15) is 58.9 Å². The van der Waals surface area contributed by atoms with Crippen LogP contribution >= 0.6 is 0 Å². The molecule has 1 saturated carbocycles. The topological polar surface area (TPSA) is 30.8 Å². The second-order valence-corrected chi connectivity index (χ2v) is 7.85. The van der Waals surface area contributed by atoms with Gasteiger partial charge in [0.15, 0.2) is 0 Å². The quantitative estimate of drug-likeness (QED) is 0.760. The maximum absolute atomic E-state index is 6.24. The zero-order valence-electron chi connectivity index (χ0n) is 14.8. The van der Waals surface area contributed by atoms with E-state index < -0.39 is 0 Å². The molecule has 2 fully saturated rings. The van der Waals surface area contributed by atoms with Gasteiger partial charge in [-0.05, 0) is 58.3 Å². The van der Waals surface area contributed by atoms with Crippen molar-refractivity contribution in [3.05, 3.63) is 35.9 Å². The summed E-state index contributed by atoms with van der Waals surface area (Å²) in [5, 5.41) is 0. The number of benzene rings is 1. The number of rotatable bonds is 3. The van der Waals surface area contributed by atoms with Gasteiger partial charge in [-0.15, -0.1) is 0 Å². The minimum Gasteiger partial charge on any atom is -0.403 e. The maximum Gasteiger partial charge on any atom is 0.461 e. The molecule has 1 aromatic rings. The lowest BCUT2D eigenvalue weighted by Gasteiger charge is -2.32. The molecule has 124 valence electrons. The van der Waals surface area contributed by atoms with Crippen molar-refractivity contribution < 1.29 is 9.31 Å². The van der Waals surface area contributed by atoms with Gasteiger partial charge in [0.05, 0.1) is 17.7 Å². The summed E-state index contributed by atoms with van der Waals surface area (Å²) >= 11 is 0. The van der Waals surface area contributed by atoms with Crippen molar-refractivity contribution in [1.29, 1.82) is 0 Å². The van der Waals surface area contributed by atoms with E-state index in [0.29, 0.717) is 5.82 Å². The molecule has 0 radical (unpaired) electrons. The van der Waals surface area contributed by atoms with E-state index in [2.05, 4.69) is 52.0 Å². The largest absolute Gasteiger partial charge is 0.461 e. The fourth-order valence-electron chi connectivity index (χ4n) is 3.32. The Hall–Kier alpha value is -1.13. The lowest BCUT2D eigenvalue weighted by Crippen LogP contribution is -2.41. The van der Waals surface area contributed by atoms with Crippen LogP contribution < -0.4 is 0 Å². The number of nitrogens with zero attached hydrogens (tertiary/aromatic N) is 1. The van der Waals surface area contributed by atoms with Gasteiger partial charge < -0.3 is 9.31 Å². The van der Waals surface area contributed by atoms with Crippen molar-refractivity contribution in [2.45, 2.75) is 76.9 Å². The molecule has 23 heavy (non-hydrogen) atoms. The predicted octanol–water partition coefficient (Wildman–Crippen LogP) is 4.66. The molecule has 1 saturated heterocycles. The molecule has 3 rings (SSSR count). The van der Waals surface area contributed by atoms with Crippen molar-refractivity contribution in [2.75, 3.05) is 0 Å². The molecule has 0 N–H and O–H groups in total. The first kappa shape index (κ1) is 16.7. The Morgan fingerprint density at radius 2 is 1.74 bits per heavy atom. The van der Waals surface area contributed by atoms with Gasteiger partial charge in [-0.1, -0.05) is 36.8 Å². The molecule has 1 aliphatic heterocycles. The second kappa shape index (κ2) is 6.41. The van der Waals surface area contributed by atoms with E-state index in [0.717, 1.165) is 19.4 Å². The maximum atomic E-state index is 6.24. The van der Waals surface area contributed by atoms with Gasteiger partial charge in [0.2, 0.25) is 0 Å². The molecule has 0 aromatic heterocycles. The highest BCUT2D eigenvalue weighted by atomic mass is 16.7. The van der Waals surface area contributed by atoms with E-state index in [4.69, 9.17) is 14.3 Å². The SMILES string of the molecule is CC1(C)OB(C2CCCC(=NCc3ccccc3)C2)OC1(C)C. The third kappa shape index (κ3) is 3.69. The standard InChI is InChI=1S/C19H28BNO2/c1-18(2)19(3,4)23-20(22-18)16-11-8-12-17(13-16)21-14-15-9-6-5-7-10-15/h5-7,9-10,16H,8,11-14H2,1-4H3. The summed E-state index contributed by atoms with van der Waals surface area (Å²) in [6, 6.07) is 10.5. The molecule has 1 unspecified atom stereocenters. The van der Waals surface area contributed by atoms with Crippen molar-refractivity contribution >= 4 is 12.8 Å². The fourth-order valence-corrected chi connectivity index (χ4v) is 3.32. The van der Waals surface area contributed by atoms with E-state index in [9.17, 15) is 0 Å². The number of aliphatic imine (C=N–C) groups is 1. The number of hydrogen-bond acceptors (Lipinski definition) is 3. The van der Waals surface area contributed by atoms with E-state index in [1.165, 1.54) is 24.1 Å². The summed E-state index contributed by atoms with van der Waals surface area (Å²) in [5.41, 5.74) is 2.12. The van der Waals surface area contributed by atoms with Gasteiger partial charge in [-0.3, -0.25) is 4.99 Å². The molecule has 4 heteroatoms. The smallest absolute Gasteiger partial charge is 0.403 e. The highest BCUT2D eigenvalue weighted by Crippen LogP contribution is 2.43. The molecular weight excluding hydrogens is 285 g/mol. The first-order valence-corrected chi connectivity index (χ1v) is 8.79. The first-order chi connectivity index (χ1) is 10.9. The Labute approximate surface area is 140 Å². The van der Waals surface area contributed by atoms with E-state index in [1.807, 2.05) is 6.07 Å². The summed E-state index contributed by atoms with van der Waals surface area (Å²) in [5.74, 6) is 0.430. The summed E-state index contributed by atoms with van der Waals surface area (Å²) < 4.78 is 12.5. The summed E-state index contributed by atoms with van der Waals surface area (Å²) in [7, 11) is -0.0952. The average molecular weight is 313 g/mol. The molecule has 0 spiro atoms. The number of hydrogen-bond donors (Lipinski definition) is 0. The molecule has 2 aliphatic rings. The van der Waals surface area contributed by atoms with Crippen LogP contribution in [0.2, 0.25) is 5.82 Å². The second-order valence-electron chi connectivity index (χ2n) is 7.85. The van der Waals surface area contributed by atoms with Crippen LogP contribution in [0.25, 0.3) is 0 Å². The summed E-state index contributed by atoms with van der Waals surface area (Å²) in [6.45, 7) is 9.28. The Morgan fingerprint density at radius 1 is 1.09 bits per heavy atom. The highest BCUT2D eigenvalue weighted by molar-refractivity contribution is 6.48. The van der Waals surface area contributed by atoms with Crippen LogP contribution in [0.3, 0.4) is 0 Å². The molecule has 1 aromatic carbocycles. The van der Waals surface area contributed by atoms with Crippen LogP contribution in [0.15, 0.2) is 35.3 Å². The molecule has 3 nitrogen and oxygen atoms in total. The minimum atomic E-state index is -0.240. The third-order valence-corrected chi connectivity index (χ3v) is 5.52. The normalized spacial score (nSPS) is 28.3. The summed E-state index contributed by atoms with van der Waals surface area (Å²) in [6.07, 6.45) is 4.47. The van der Waals surface area contributed by atoms with Crippen LogP contribution in [-0.2, 0) is 15.9 Å². The van der Waals surface area contributed by atoms with Gasteiger partial charge in [-0.25, -0.2) is 0 Å². The Bertz CT molecular complexity index is 552. The minimum absolute atomic E-state index is 0.0952. The van der Waals surface area contributed by atoms with Crippen molar-refractivity contribution in [3.63, 3.8) is 0 Å². The van der Waals surface area contributed by atoms with E-state index >= 15 is 0 Å². The van der Waals surface area contributed by atoms with Crippen molar-refractivity contribution in [2.24, 2.45) is 4.99 Å². The molecule has 1 aliphatic carbocycles. The van der Waals surface area contributed by atoms with E-state index in [-0.39, 0.29) is 18.3 Å². The zero-order valence-corrected chi connectivity index (χ0v) is 14.8. The highest BCUT2D eigenvalue weighted by Gasteiger charge is 2.53. The van der Waals surface area contributed by atoms with Crippen LogP contribution in [-0.4, -0.2) is 24.0 Å². The van der Waals surface area contributed by atoms with Crippen LogP contribution in [0, 0.1) is 0 Å². The lowest BCUT2D eigenvalue weighted by molar-refractivity contribution is 0.00578. The third-order valence-electron chi connectivity index (χ3n) is 5.52. The predicted molar refractivity (Wildman–Crippen MR) is 95.9 cm³/mol. The zero-order chi connectivity index (χ0) is 16.5.